The Bertz CT molecular complexity index is 449. The summed E-state index contributed by atoms with van der Waals surface area (Å²) >= 11 is 3.99. The largest absolute Gasteiger partial charge is 0.493 e. The van der Waals surface area contributed by atoms with Crippen LogP contribution in [0.1, 0.15) is 61.4 Å². The molecule has 0 aromatic heterocycles. The number of halogens is 1. The zero-order chi connectivity index (χ0) is 13.3. The standard InChI is InChI=1S/C17H23BrO/c1-17(9-3-2-4-10-17)16(18)14-7-8-15-13(12-14)6-5-11-19-15/h7-8,12,16H,2-6,9-11H2,1H3. The molecule has 3 rings (SSSR count). The fourth-order valence-electron chi connectivity index (χ4n) is 3.55. The van der Waals surface area contributed by atoms with Gasteiger partial charge in [-0.05, 0) is 48.3 Å². The van der Waals surface area contributed by atoms with Gasteiger partial charge in [0.05, 0.1) is 6.61 Å². The quantitative estimate of drug-likeness (QED) is 0.661. The van der Waals surface area contributed by atoms with Gasteiger partial charge in [0.2, 0.25) is 0 Å². The van der Waals surface area contributed by atoms with E-state index in [0.717, 1.165) is 18.8 Å². The molecule has 1 aliphatic heterocycles. The number of hydrogen-bond donors (Lipinski definition) is 0. The lowest BCUT2D eigenvalue weighted by Crippen LogP contribution is -2.25. The molecular weight excluding hydrogens is 300 g/mol. The summed E-state index contributed by atoms with van der Waals surface area (Å²) in [5.74, 6) is 1.10. The Balaban J connectivity index is 1.84. The van der Waals surface area contributed by atoms with Gasteiger partial charge in [-0.2, -0.15) is 0 Å². The average molecular weight is 323 g/mol. The van der Waals surface area contributed by atoms with E-state index in [4.69, 9.17) is 4.74 Å². The Hall–Kier alpha value is -0.500. The minimum atomic E-state index is 0.419. The van der Waals surface area contributed by atoms with Crippen LogP contribution in [-0.2, 0) is 6.42 Å². The number of ether oxygens (including phenoxy) is 1. The molecule has 1 heterocycles. The van der Waals surface area contributed by atoms with Crippen molar-refractivity contribution in [3.63, 3.8) is 0 Å². The average Bonchev–Trinajstić information content (AvgIpc) is 2.47. The van der Waals surface area contributed by atoms with E-state index < -0.39 is 0 Å². The minimum Gasteiger partial charge on any atom is -0.493 e. The van der Waals surface area contributed by atoms with Crippen LogP contribution in [0.15, 0.2) is 18.2 Å². The van der Waals surface area contributed by atoms with Crippen LogP contribution >= 0.6 is 15.9 Å². The first-order valence-electron chi connectivity index (χ1n) is 7.59. The number of benzene rings is 1. The van der Waals surface area contributed by atoms with Gasteiger partial charge in [0.15, 0.2) is 0 Å². The summed E-state index contributed by atoms with van der Waals surface area (Å²) in [6.45, 7) is 3.32. The normalized spacial score (nSPS) is 23.3. The van der Waals surface area contributed by atoms with Crippen LogP contribution in [0.2, 0.25) is 0 Å². The van der Waals surface area contributed by atoms with E-state index in [9.17, 15) is 0 Å². The molecule has 0 saturated heterocycles. The highest BCUT2D eigenvalue weighted by Gasteiger charge is 2.35. The summed E-state index contributed by atoms with van der Waals surface area (Å²) in [5.41, 5.74) is 3.25. The van der Waals surface area contributed by atoms with E-state index >= 15 is 0 Å². The van der Waals surface area contributed by atoms with Crippen molar-refractivity contribution in [1.82, 2.24) is 0 Å². The molecule has 0 radical (unpaired) electrons. The van der Waals surface area contributed by atoms with Crippen molar-refractivity contribution in [3.05, 3.63) is 29.3 Å². The highest BCUT2D eigenvalue weighted by Crippen LogP contribution is 2.50. The van der Waals surface area contributed by atoms with Crippen molar-refractivity contribution < 1.29 is 4.74 Å². The number of hydrogen-bond acceptors (Lipinski definition) is 1. The smallest absolute Gasteiger partial charge is 0.122 e. The first-order chi connectivity index (χ1) is 9.19. The molecule has 19 heavy (non-hydrogen) atoms. The highest BCUT2D eigenvalue weighted by atomic mass is 79.9. The predicted octanol–water partition coefficient (Wildman–Crippen LogP) is 5.42. The maximum atomic E-state index is 5.71. The minimum absolute atomic E-state index is 0.419. The molecule has 1 fully saturated rings. The molecule has 1 aromatic rings. The van der Waals surface area contributed by atoms with Crippen molar-refractivity contribution in [2.75, 3.05) is 6.61 Å². The summed E-state index contributed by atoms with van der Waals surface area (Å²) in [6.07, 6.45) is 9.18. The summed E-state index contributed by atoms with van der Waals surface area (Å²) in [7, 11) is 0. The van der Waals surface area contributed by atoms with Crippen LogP contribution < -0.4 is 4.74 Å². The molecule has 2 aliphatic rings. The lowest BCUT2D eigenvalue weighted by Gasteiger charge is -2.38. The van der Waals surface area contributed by atoms with Crippen LogP contribution in [-0.4, -0.2) is 6.61 Å². The molecule has 0 N–H and O–H groups in total. The summed E-state index contributed by atoms with van der Waals surface area (Å²) in [5, 5.41) is 0. The van der Waals surface area contributed by atoms with Crippen LogP contribution in [0, 0.1) is 5.41 Å². The van der Waals surface area contributed by atoms with Crippen molar-refractivity contribution >= 4 is 15.9 Å². The van der Waals surface area contributed by atoms with Crippen molar-refractivity contribution in [3.8, 4) is 5.75 Å². The van der Waals surface area contributed by atoms with Crippen molar-refractivity contribution in [2.45, 2.75) is 56.7 Å². The monoisotopic (exact) mass is 322 g/mol. The first-order valence-corrected chi connectivity index (χ1v) is 8.50. The summed E-state index contributed by atoms with van der Waals surface area (Å²) in [6, 6.07) is 6.79. The lowest BCUT2D eigenvalue weighted by atomic mass is 9.71. The third-order valence-corrected chi connectivity index (χ3v) is 6.47. The van der Waals surface area contributed by atoms with Gasteiger partial charge in [0.25, 0.3) is 0 Å². The maximum absolute atomic E-state index is 5.71. The van der Waals surface area contributed by atoms with Crippen LogP contribution in [0.4, 0.5) is 0 Å². The molecule has 1 aromatic carbocycles. The van der Waals surface area contributed by atoms with Gasteiger partial charge in [0, 0.05) is 4.83 Å². The molecule has 104 valence electrons. The molecule has 0 amide bonds. The first kappa shape index (κ1) is 13.5. The predicted molar refractivity (Wildman–Crippen MR) is 83.1 cm³/mol. The number of alkyl halides is 1. The van der Waals surface area contributed by atoms with E-state index in [0.29, 0.717) is 10.2 Å². The Morgan fingerprint density at radius 2 is 1.95 bits per heavy atom. The maximum Gasteiger partial charge on any atom is 0.122 e. The molecule has 1 atom stereocenters. The van der Waals surface area contributed by atoms with Crippen LogP contribution in [0.5, 0.6) is 5.75 Å². The molecule has 0 spiro atoms. The van der Waals surface area contributed by atoms with E-state index in [2.05, 4.69) is 41.1 Å². The van der Waals surface area contributed by atoms with Gasteiger partial charge in [0.1, 0.15) is 5.75 Å². The van der Waals surface area contributed by atoms with Crippen LogP contribution in [0.3, 0.4) is 0 Å². The van der Waals surface area contributed by atoms with Gasteiger partial charge in [-0.25, -0.2) is 0 Å². The Morgan fingerprint density at radius 1 is 1.16 bits per heavy atom. The van der Waals surface area contributed by atoms with E-state index in [-0.39, 0.29) is 0 Å². The van der Waals surface area contributed by atoms with Gasteiger partial charge in [-0.1, -0.05) is 54.2 Å². The van der Waals surface area contributed by atoms with Crippen molar-refractivity contribution in [2.24, 2.45) is 5.41 Å². The second-order valence-electron chi connectivity index (χ2n) is 6.40. The fourth-order valence-corrected chi connectivity index (χ4v) is 4.30. The molecule has 0 bridgehead atoms. The van der Waals surface area contributed by atoms with E-state index in [1.54, 1.807) is 0 Å². The van der Waals surface area contributed by atoms with Gasteiger partial charge in [-0.3, -0.25) is 0 Å². The fraction of sp³-hybridized carbons (Fsp3) is 0.647. The topological polar surface area (TPSA) is 9.23 Å². The molecular formula is C17H23BrO. The van der Waals surface area contributed by atoms with Crippen LogP contribution in [0.25, 0.3) is 0 Å². The van der Waals surface area contributed by atoms with Gasteiger partial charge in [-0.15, -0.1) is 0 Å². The summed E-state index contributed by atoms with van der Waals surface area (Å²) in [4.78, 5) is 0.479. The SMILES string of the molecule is CC1(C(Br)c2ccc3c(c2)CCCO3)CCCCC1. The number of rotatable bonds is 2. The zero-order valence-corrected chi connectivity index (χ0v) is 13.3. The highest BCUT2D eigenvalue weighted by molar-refractivity contribution is 9.09. The molecule has 1 saturated carbocycles. The summed E-state index contributed by atoms with van der Waals surface area (Å²) < 4.78 is 5.71. The molecule has 1 aliphatic carbocycles. The number of aryl methyl sites for hydroxylation is 1. The third-order valence-electron chi connectivity index (χ3n) is 4.83. The Kier molecular flexibility index (Phi) is 3.88. The third kappa shape index (κ3) is 2.69. The second-order valence-corrected chi connectivity index (χ2v) is 7.31. The zero-order valence-electron chi connectivity index (χ0n) is 11.8. The molecule has 1 nitrogen and oxygen atoms in total. The van der Waals surface area contributed by atoms with Gasteiger partial charge < -0.3 is 4.74 Å². The van der Waals surface area contributed by atoms with Gasteiger partial charge >= 0.3 is 0 Å². The van der Waals surface area contributed by atoms with E-state index in [1.165, 1.54) is 49.7 Å². The molecule has 2 heteroatoms. The van der Waals surface area contributed by atoms with E-state index in [1.807, 2.05) is 0 Å². The Labute approximate surface area is 124 Å². The Morgan fingerprint density at radius 3 is 2.74 bits per heavy atom. The van der Waals surface area contributed by atoms with Crippen molar-refractivity contribution in [1.29, 1.82) is 0 Å². The second kappa shape index (κ2) is 5.47. The number of fused-ring (bicyclic) bond motifs is 1. The molecule has 1 unspecified atom stereocenters. The lowest BCUT2D eigenvalue weighted by molar-refractivity contribution is 0.212.